The number of methoxy groups -OCH3 is 2. The highest BCUT2D eigenvalue weighted by Gasteiger charge is 2.09. The molecule has 0 bridgehead atoms. The molecule has 1 amide bonds. The number of carbonyl (C=O) groups is 1. The lowest BCUT2D eigenvalue weighted by molar-refractivity contribution is 0.102. The van der Waals surface area contributed by atoms with E-state index in [2.05, 4.69) is 15.3 Å². The van der Waals surface area contributed by atoms with E-state index >= 15 is 0 Å². The molecule has 3 aromatic carbocycles. The molecule has 2 N–H and O–H groups in total. The number of H-pyrrole nitrogens is 1. The van der Waals surface area contributed by atoms with E-state index in [9.17, 15) is 4.79 Å². The average Bonchev–Trinajstić information content (AvgIpc) is 3.30. The first-order valence-corrected chi connectivity index (χ1v) is 9.41. The maximum atomic E-state index is 12.5. The fraction of sp³-hybridized carbons (Fsp3) is 0.0833. The van der Waals surface area contributed by atoms with Crippen molar-refractivity contribution in [3.63, 3.8) is 0 Å². The van der Waals surface area contributed by atoms with Crippen LogP contribution in [0.15, 0.2) is 79.0 Å². The highest BCUT2D eigenvalue weighted by Crippen LogP contribution is 2.26. The van der Waals surface area contributed by atoms with Gasteiger partial charge in [-0.2, -0.15) is 0 Å². The van der Waals surface area contributed by atoms with E-state index in [1.165, 1.54) is 0 Å². The third kappa shape index (κ3) is 4.17. The van der Waals surface area contributed by atoms with Crippen molar-refractivity contribution in [1.82, 2.24) is 9.97 Å². The Kier molecular flexibility index (Phi) is 5.48. The Morgan fingerprint density at radius 1 is 0.867 bits per heavy atom. The topological polar surface area (TPSA) is 76.2 Å². The standard InChI is InChI=1S/C24H21N3O3/c1-29-20-10-6-16(7-11-20)23-25-15-22(27-23)18-4-3-5-19(14-18)26-24(28)17-8-12-21(30-2)13-9-17/h3-15H,1-2H3,(H,25,27)(H,26,28). The largest absolute Gasteiger partial charge is 0.497 e. The van der Waals surface area contributed by atoms with Crippen LogP contribution in [0.5, 0.6) is 11.5 Å². The van der Waals surface area contributed by atoms with E-state index in [1.54, 1.807) is 44.7 Å². The van der Waals surface area contributed by atoms with Gasteiger partial charge in [0.1, 0.15) is 17.3 Å². The van der Waals surface area contributed by atoms with Gasteiger partial charge in [0.2, 0.25) is 0 Å². The Morgan fingerprint density at radius 3 is 2.20 bits per heavy atom. The molecule has 4 aromatic rings. The van der Waals surface area contributed by atoms with Gasteiger partial charge in [-0.05, 0) is 60.7 Å². The average molecular weight is 399 g/mol. The van der Waals surface area contributed by atoms with Crippen LogP contribution in [0.3, 0.4) is 0 Å². The highest BCUT2D eigenvalue weighted by atomic mass is 16.5. The third-order valence-electron chi connectivity index (χ3n) is 4.72. The van der Waals surface area contributed by atoms with E-state index in [1.807, 2.05) is 48.5 Å². The van der Waals surface area contributed by atoms with Gasteiger partial charge in [0.15, 0.2) is 0 Å². The molecule has 0 radical (unpaired) electrons. The number of aromatic amines is 1. The SMILES string of the molecule is COc1ccc(C(=O)Nc2cccc(-c3cnc(-c4ccc(OC)cc4)[nH]3)c2)cc1. The Labute approximate surface area is 174 Å². The minimum Gasteiger partial charge on any atom is -0.497 e. The van der Waals surface area contributed by atoms with E-state index in [-0.39, 0.29) is 5.91 Å². The molecule has 1 heterocycles. The summed E-state index contributed by atoms with van der Waals surface area (Å²) in [4.78, 5) is 20.3. The van der Waals surface area contributed by atoms with E-state index in [0.29, 0.717) is 17.0 Å². The molecule has 0 atom stereocenters. The Bertz CT molecular complexity index is 1150. The fourth-order valence-electron chi connectivity index (χ4n) is 3.07. The van der Waals surface area contributed by atoms with Crippen LogP contribution in [0.1, 0.15) is 10.4 Å². The lowest BCUT2D eigenvalue weighted by atomic mass is 10.1. The minimum atomic E-state index is -0.182. The zero-order chi connectivity index (χ0) is 20.9. The van der Waals surface area contributed by atoms with E-state index in [4.69, 9.17) is 9.47 Å². The summed E-state index contributed by atoms with van der Waals surface area (Å²) < 4.78 is 10.3. The smallest absolute Gasteiger partial charge is 0.255 e. The molecule has 0 aliphatic heterocycles. The van der Waals surface area contributed by atoms with Crippen molar-refractivity contribution >= 4 is 11.6 Å². The van der Waals surface area contributed by atoms with Crippen molar-refractivity contribution in [3.05, 3.63) is 84.6 Å². The number of hydrogen-bond donors (Lipinski definition) is 2. The zero-order valence-corrected chi connectivity index (χ0v) is 16.7. The summed E-state index contributed by atoms with van der Waals surface area (Å²) in [6, 6.07) is 22.3. The van der Waals surface area contributed by atoms with Gasteiger partial charge in [0.25, 0.3) is 5.91 Å². The quantitative estimate of drug-likeness (QED) is 0.478. The maximum absolute atomic E-state index is 12.5. The highest BCUT2D eigenvalue weighted by molar-refractivity contribution is 6.04. The summed E-state index contributed by atoms with van der Waals surface area (Å²) in [5.41, 5.74) is 4.01. The number of benzene rings is 3. The minimum absolute atomic E-state index is 0.182. The number of nitrogens with one attached hydrogen (secondary N) is 2. The number of aromatic nitrogens is 2. The van der Waals surface area contributed by atoms with Crippen molar-refractivity contribution in [2.45, 2.75) is 0 Å². The van der Waals surface area contributed by atoms with Crippen molar-refractivity contribution < 1.29 is 14.3 Å². The van der Waals surface area contributed by atoms with Crippen LogP contribution < -0.4 is 14.8 Å². The molecule has 1 aromatic heterocycles. The second kappa shape index (κ2) is 8.53. The van der Waals surface area contributed by atoms with Crippen molar-refractivity contribution in [1.29, 1.82) is 0 Å². The second-order valence-electron chi connectivity index (χ2n) is 6.64. The molecule has 30 heavy (non-hydrogen) atoms. The molecule has 0 saturated heterocycles. The summed E-state index contributed by atoms with van der Waals surface area (Å²) in [5, 5.41) is 2.93. The molecule has 0 spiro atoms. The Hall–Kier alpha value is -4.06. The summed E-state index contributed by atoms with van der Waals surface area (Å²) in [6.45, 7) is 0. The van der Waals surface area contributed by atoms with Crippen LogP contribution in [0.2, 0.25) is 0 Å². The second-order valence-corrected chi connectivity index (χ2v) is 6.64. The number of imidazole rings is 1. The molecule has 6 heteroatoms. The summed E-state index contributed by atoms with van der Waals surface area (Å²) in [6.07, 6.45) is 1.78. The van der Waals surface area contributed by atoms with Gasteiger partial charge in [-0.1, -0.05) is 12.1 Å². The molecule has 0 aliphatic rings. The van der Waals surface area contributed by atoms with Crippen LogP contribution in [-0.2, 0) is 0 Å². The van der Waals surface area contributed by atoms with Crippen molar-refractivity contribution in [2.24, 2.45) is 0 Å². The van der Waals surface area contributed by atoms with E-state index in [0.717, 1.165) is 28.4 Å². The van der Waals surface area contributed by atoms with Gasteiger partial charge in [-0.15, -0.1) is 0 Å². The molecule has 150 valence electrons. The molecule has 0 aliphatic carbocycles. The number of rotatable bonds is 6. The van der Waals surface area contributed by atoms with Gasteiger partial charge >= 0.3 is 0 Å². The molecular formula is C24H21N3O3. The van der Waals surface area contributed by atoms with Gasteiger partial charge in [-0.25, -0.2) is 4.98 Å². The molecule has 6 nitrogen and oxygen atoms in total. The number of hydrogen-bond acceptors (Lipinski definition) is 4. The summed E-state index contributed by atoms with van der Waals surface area (Å²) >= 11 is 0. The lowest BCUT2D eigenvalue weighted by Crippen LogP contribution is -2.11. The first-order valence-electron chi connectivity index (χ1n) is 9.41. The summed E-state index contributed by atoms with van der Waals surface area (Å²) in [5.74, 6) is 2.09. The Balaban J connectivity index is 1.51. The molecule has 0 fully saturated rings. The lowest BCUT2D eigenvalue weighted by Gasteiger charge is -2.07. The normalized spacial score (nSPS) is 10.5. The van der Waals surface area contributed by atoms with Gasteiger partial charge < -0.3 is 19.8 Å². The predicted octanol–water partition coefficient (Wildman–Crippen LogP) is 5.01. The predicted molar refractivity (Wildman–Crippen MR) is 117 cm³/mol. The van der Waals surface area contributed by atoms with Crippen LogP contribution in [0.25, 0.3) is 22.6 Å². The maximum Gasteiger partial charge on any atom is 0.255 e. The zero-order valence-electron chi connectivity index (χ0n) is 16.7. The first kappa shape index (κ1) is 19.3. The fourth-order valence-corrected chi connectivity index (χ4v) is 3.07. The first-order chi connectivity index (χ1) is 14.7. The number of carbonyl (C=O) groups excluding carboxylic acids is 1. The molecule has 4 rings (SSSR count). The van der Waals surface area contributed by atoms with E-state index < -0.39 is 0 Å². The molecule has 0 unspecified atom stereocenters. The van der Waals surface area contributed by atoms with Crippen LogP contribution in [0.4, 0.5) is 5.69 Å². The molecule has 0 saturated carbocycles. The third-order valence-corrected chi connectivity index (χ3v) is 4.72. The van der Waals surface area contributed by atoms with Gasteiger partial charge in [0.05, 0.1) is 26.1 Å². The Morgan fingerprint density at radius 2 is 1.53 bits per heavy atom. The van der Waals surface area contributed by atoms with Gasteiger partial charge in [-0.3, -0.25) is 4.79 Å². The number of nitrogens with zero attached hydrogens (tertiary/aromatic N) is 1. The summed E-state index contributed by atoms with van der Waals surface area (Å²) in [7, 11) is 3.23. The monoisotopic (exact) mass is 399 g/mol. The molecular weight excluding hydrogens is 378 g/mol. The number of amides is 1. The van der Waals surface area contributed by atoms with Crippen LogP contribution >= 0.6 is 0 Å². The number of anilines is 1. The van der Waals surface area contributed by atoms with Crippen LogP contribution in [-0.4, -0.2) is 30.1 Å². The van der Waals surface area contributed by atoms with Crippen LogP contribution in [0, 0.1) is 0 Å². The number of ether oxygens (including phenoxy) is 2. The van der Waals surface area contributed by atoms with Crippen molar-refractivity contribution in [3.8, 4) is 34.1 Å². The van der Waals surface area contributed by atoms with Gasteiger partial charge in [0, 0.05) is 22.4 Å². The van der Waals surface area contributed by atoms with Crippen molar-refractivity contribution in [2.75, 3.05) is 19.5 Å².